The van der Waals surface area contributed by atoms with E-state index >= 15 is 0 Å². The van der Waals surface area contributed by atoms with Gasteiger partial charge in [0.1, 0.15) is 0 Å². The topological polar surface area (TPSA) is 63.9 Å². The summed E-state index contributed by atoms with van der Waals surface area (Å²) in [5.41, 5.74) is 1.22. The molecule has 0 amide bonds. The van der Waals surface area contributed by atoms with Crippen LogP contribution in [0.5, 0.6) is 11.5 Å². The molecular formula is C21H26N4O3S. The Hall–Kier alpha value is -2.42. The first-order valence-corrected chi connectivity index (χ1v) is 10.6. The molecule has 0 aliphatic carbocycles. The molecule has 29 heavy (non-hydrogen) atoms. The zero-order valence-electron chi connectivity index (χ0n) is 17.0. The molecular weight excluding hydrogens is 388 g/mol. The maximum atomic E-state index is 5.92. The SMILES string of the molecule is COc1ccc(CN2CCN([C@H](C)c3nnc(-c4cccs4)o3)CC2)cc1OC. The van der Waals surface area contributed by atoms with Crippen LogP contribution in [0.4, 0.5) is 0 Å². The Morgan fingerprint density at radius 3 is 2.55 bits per heavy atom. The summed E-state index contributed by atoms with van der Waals surface area (Å²) in [5, 5.41) is 10.5. The van der Waals surface area contributed by atoms with Crippen LogP contribution < -0.4 is 9.47 Å². The van der Waals surface area contributed by atoms with Crippen molar-refractivity contribution in [2.45, 2.75) is 19.5 Å². The normalized spacial score (nSPS) is 16.7. The lowest BCUT2D eigenvalue weighted by Gasteiger charge is -2.36. The van der Waals surface area contributed by atoms with E-state index in [1.54, 1.807) is 25.6 Å². The van der Waals surface area contributed by atoms with Gasteiger partial charge in [-0.25, -0.2) is 0 Å². The fraction of sp³-hybridized carbons (Fsp3) is 0.429. The lowest BCUT2D eigenvalue weighted by atomic mass is 10.1. The number of methoxy groups -OCH3 is 2. The molecule has 1 saturated heterocycles. The van der Waals surface area contributed by atoms with Gasteiger partial charge in [-0.3, -0.25) is 9.80 Å². The lowest BCUT2D eigenvalue weighted by Crippen LogP contribution is -2.46. The lowest BCUT2D eigenvalue weighted by molar-refractivity contribution is 0.0875. The Morgan fingerprint density at radius 2 is 1.86 bits per heavy atom. The van der Waals surface area contributed by atoms with Crippen LogP contribution in [-0.4, -0.2) is 60.4 Å². The monoisotopic (exact) mass is 414 g/mol. The van der Waals surface area contributed by atoms with Gasteiger partial charge in [-0.15, -0.1) is 21.5 Å². The Morgan fingerprint density at radius 1 is 1.07 bits per heavy atom. The molecule has 0 N–H and O–H groups in total. The number of ether oxygens (including phenoxy) is 2. The fourth-order valence-corrected chi connectivity index (χ4v) is 4.25. The highest BCUT2D eigenvalue weighted by molar-refractivity contribution is 7.13. The Balaban J connectivity index is 1.33. The third kappa shape index (κ3) is 4.44. The molecule has 7 nitrogen and oxygen atoms in total. The van der Waals surface area contributed by atoms with Crippen LogP contribution in [0.2, 0.25) is 0 Å². The Bertz CT molecular complexity index is 920. The summed E-state index contributed by atoms with van der Waals surface area (Å²) < 4.78 is 16.7. The maximum Gasteiger partial charge on any atom is 0.257 e. The summed E-state index contributed by atoms with van der Waals surface area (Å²) in [4.78, 5) is 5.86. The van der Waals surface area contributed by atoms with Crippen LogP contribution in [0.1, 0.15) is 24.4 Å². The van der Waals surface area contributed by atoms with Crippen molar-refractivity contribution in [2.24, 2.45) is 0 Å². The summed E-state index contributed by atoms with van der Waals surface area (Å²) in [6.07, 6.45) is 0. The van der Waals surface area contributed by atoms with Gasteiger partial charge in [0, 0.05) is 32.7 Å². The standard InChI is InChI=1S/C21H26N4O3S/c1-15(20-22-23-21(28-20)19-5-4-12-29-19)25-10-8-24(9-11-25)14-16-6-7-17(26-2)18(13-16)27-3/h4-7,12-13,15H,8-11,14H2,1-3H3/t15-/m1/s1. The van der Waals surface area contributed by atoms with Gasteiger partial charge in [-0.05, 0) is 36.1 Å². The maximum absolute atomic E-state index is 5.92. The van der Waals surface area contributed by atoms with Gasteiger partial charge in [0.25, 0.3) is 5.89 Å². The van der Waals surface area contributed by atoms with E-state index in [-0.39, 0.29) is 6.04 Å². The first kappa shape index (κ1) is 19.9. The number of hydrogen-bond acceptors (Lipinski definition) is 8. The summed E-state index contributed by atoms with van der Waals surface area (Å²) >= 11 is 1.61. The molecule has 8 heteroatoms. The Labute approximate surface area is 174 Å². The number of rotatable bonds is 7. The van der Waals surface area contributed by atoms with Crippen molar-refractivity contribution in [3.05, 3.63) is 47.2 Å². The van der Waals surface area contributed by atoms with Gasteiger partial charge in [-0.2, -0.15) is 0 Å². The quantitative estimate of drug-likeness (QED) is 0.584. The molecule has 0 saturated carbocycles. The van der Waals surface area contributed by atoms with Crippen LogP contribution in [0.3, 0.4) is 0 Å². The molecule has 1 fully saturated rings. The van der Waals surface area contributed by atoms with Crippen LogP contribution in [0.25, 0.3) is 10.8 Å². The van der Waals surface area contributed by atoms with E-state index in [2.05, 4.69) is 39.1 Å². The van der Waals surface area contributed by atoms with Crippen molar-refractivity contribution in [1.29, 1.82) is 0 Å². The van der Waals surface area contributed by atoms with E-state index < -0.39 is 0 Å². The van der Waals surface area contributed by atoms with E-state index in [1.807, 2.05) is 23.6 Å². The van der Waals surface area contributed by atoms with Crippen molar-refractivity contribution in [3.8, 4) is 22.3 Å². The van der Waals surface area contributed by atoms with E-state index in [0.29, 0.717) is 11.8 Å². The van der Waals surface area contributed by atoms with Crippen LogP contribution >= 0.6 is 11.3 Å². The highest BCUT2D eigenvalue weighted by atomic mass is 32.1. The highest BCUT2D eigenvalue weighted by Gasteiger charge is 2.26. The second kappa shape index (κ2) is 8.94. The number of benzene rings is 1. The first-order chi connectivity index (χ1) is 14.2. The molecule has 3 heterocycles. The molecule has 3 aromatic rings. The second-order valence-corrected chi connectivity index (χ2v) is 8.05. The van der Waals surface area contributed by atoms with Crippen LogP contribution in [-0.2, 0) is 6.54 Å². The number of piperazine rings is 1. The van der Waals surface area contributed by atoms with Crippen molar-refractivity contribution in [3.63, 3.8) is 0 Å². The molecule has 0 bridgehead atoms. The zero-order chi connectivity index (χ0) is 20.2. The molecule has 1 aliphatic rings. The molecule has 1 aliphatic heterocycles. The number of aromatic nitrogens is 2. The molecule has 0 radical (unpaired) electrons. The van der Waals surface area contributed by atoms with Crippen molar-refractivity contribution < 1.29 is 13.9 Å². The molecule has 0 spiro atoms. The molecule has 2 aromatic heterocycles. The fourth-order valence-electron chi connectivity index (χ4n) is 3.61. The molecule has 154 valence electrons. The van der Waals surface area contributed by atoms with Crippen LogP contribution in [0, 0.1) is 0 Å². The minimum atomic E-state index is 0.111. The van der Waals surface area contributed by atoms with E-state index in [4.69, 9.17) is 13.9 Å². The minimum absolute atomic E-state index is 0.111. The summed E-state index contributed by atoms with van der Waals surface area (Å²) in [5.74, 6) is 2.82. The average Bonchev–Trinajstić information content (AvgIpc) is 3.45. The van der Waals surface area contributed by atoms with Crippen molar-refractivity contribution >= 4 is 11.3 Å². The molecule has 1 atom stereocenters. The molecule has 1 aromatic carbocycles. The summed E-state index contributed by atoms with van der Waals surface area (Å²) in [6, 6.07) is 10.2. The Kier molecular flexibility index (Phi) is 6.13. The van der Waals surface area contributed by atoms with Crippen molar-refractivity contribution in [1.82, 2.24) is 20.0 Å². The highest BCUT2D eigenvalue weighted by Crippen LogP contribution is 2.29. The third-order valence-electron chi connectivity index (χ3n) is 5.34. The van der Waals surface area contributed by atoms with Gasteiger partial charge in [0.15, 0.2) is 11.5 Å². The van der Waals surface area contributed by atoms with Gasteiger partial charge in [0.2, 0.25) is 5.89 Å². The van der Waals surface area contributed by atoms with Gasteiger partial charge in [0.05, 0.1) is 25.1 Å². The first-order valence-electron chi connectivity index (χ1n) is 9.72. The smallest absolute Gasteiger partial charge is 0.257 e. The number of thiophene rings is 1. The zero-order valence-corrected chi connectivity index (χ0v) is 17.8. The third-order valence-corrected chi connectivity index (χ3v) is 6.20. The largest absolute Gasteiger partial charge is 0.493 e. The predicted molar refractivity (Wildman–Crippen MR) is 112 cm³/mol. The second-order valence-electron chi connectivity index (χ2n) is 7.10. The van der Waals surface area contributed by atoms with Crippen LogP contribution in [0.15, 0.2) is 40.1 Å². The predicted octanol–water partition coefficient (Wildman–Crippen LogP) is 3.69. The molecule has 4 rings (SSSR count). The van der Waals surface area contributed by atoms with Gasteiger partial charge in [-0.1, -0.05) is 12.1 Å². The molecule has 0 unspecified atom stereocenters. The number of hydrogen-bond donors (Lipinski definition) is 0. The van der Waals surface area contributed by atoms with E-state index in [0.717, 1.165) is 49.1 Å². The average molecular weight is 415 g/mol. The number of nitrogens with zero attached hydrogens (tertiary/aromatic N) is 4. The summed E-state index contributed by atoms with van der Waals surface area (Å²) in [7, 11) is 3.33. The summed E-state index contributed by atoms with van der Waals surface area (Å²) in [6.45, 7) is 6.94. The van der Waals surface area contributed by atoms with Crippen molar-refractivity contribution in [2.75, 3.05) is 40.4 Å². The van der Waals surface area contributed by atoms with Gasteiger partial charge < -0.3 is 13.9 Å². The van der Waals surface area contributed by atoms with E-state index in [9.17, 15) is 0 Å². The minimum Gasteiger partial charge on any atom is -0.493 e. The van der Waals surface area contributed by atoms with E-state index in [1.165, 1.54) is 5.56 Å². The van der Waals surface area contributed by atoms with Gasteiger partial charge >= 0.3 is 0 Å².